The van der Waals surface area contributed by atoms with E-state index in [1.165, 1.54) is 57.3 Å². The largest absolute Gasteiger partial charge is 0.351 e. The lowest BCUT2D eigenvalue weighted by atomic mass is 9.94. The summed E-state index contributed by atoms with van der Waals surface area (Å²) < 4.78 is 0. The van der Waals surface area contributed by atoms with Gasteiger partial charge in [0.2, 0.25) is 5.91 Å². The van der Waals surface area contributed by atoms with Gasteiger partial charge in [0, 0.05) is 59.0 Å². The van der Waals surface area contributed by atoms with Crippen molar-refractivity contribution in [1.29, 1.82) is 0 Å². The van der Waals surface area contributed by atoms with Gasteiger partial charge in [-0.3, -0.25) is 9.59 Å². The number of hydrogen-bond donors (Lipinski definition) is 2. The van der Waals surface area contributed by atoms with Crippen LogP contribution in [0.4, 0.5) is 5.69 Å². The highest BCUT2D eigenvalue weighted by Gasteiger charge is 2.45. The van der Waals surface area contributed by atoms with Gasteiger partial charge < -0.3 is 20.1 Å². The first kappa shape index (κ1) is 23.6. The molecule has 1 atom stereocenters. The molecule has 6 rings (SSSR count). The van der Waals surface area contributed by atoms with Gasteiger partial charge in [-0.1, -0.05) is 30.2 Å². The van der Waals surface area contributed by atoms with Crippen LogP contribution < -0.4 is 10.2 Å². The molecule has 0 spiro atoms. The summed E-state index contributed by atoms with van der Waals surface area (Å²) in [7, 11) is 0. The highest BCUT2D eigenvalue weighted by Crippen LogP contribution is 2.49. The molecule has 3 fully saturated rings. The van der Waals surface area contributed by atoms with E-state index >= 15 is 0 Å². The van der Waals surface area contributed by atoms with Crippen molar-refractivity contribution in [3.8, 4) is 0 Å². The molecule has 1 unspecified atom stereocenters. The molecule has 2 amide bonds. The lowest BCUT2D eigenvalue weighted by Crippen LogP contribution is -2.36. The molecule has 36 heavy (non-hydrogen) atoms. The van der Waals surface area contributed by atoms with Gasteiger partial charge in [-0.05, 0) is 80.7 Å². The summed E-state index contributed by atoms with van der Waals surface area (Å²) in [6.07, 6.45) is 6.98. The Bertz CT molecular complexity index is 1270. The molecule has 1 saturated carbocycles. The molecule has 2 aliphatic heterocycles. The summed E-state index contributed by atoms with van der Waals surface area (Å²) in [5, 5.41) is 4.54. The van der Waals surface area contributed by atoms with Crippen LogP contribution in [-0.4, -0.2) is 54.4 Å². The van der Waals surface area contributed by atoms with E-state index in [0.717, 1.165) is 16.6 Å². The maximum absolute atomic E-state index is 12.8. The molecule has 1 aliphatic carbocycles. The topological polar surface area (TPSA) is 68.4 Å². The Morgan fingerprint density at radius 2 is 1.83 bits per heavy atom. The van der Waals surface area contributed by atoms with Crippen LogP contribution in [0.25, 0.3) is 10.9 Å². The second-order valence-corrected chi connectivity index (χ2v) is 11.3. The van der Waals surface area contributed by atoms with Crippen molar-refractivity contribution in [2.24, 2.45) is 5.92 Å². The smallest absolute Gasteiger partial charge is 0.267 e. The molecule has 2 aromatic carbocycles. The number of likely N-dealkylation sites (tertiary alicyclic amines) is 1. The first-order valence-electron chi connectivity index (χ1n) is 13.2. The van der Waals surface area contributed by atoms with Crippen LogP contribution in [0.1, 0.15) is 54.6 Å². The Morgan fingerprint density at radius 1 is 1.06 bits per heavy atom. The zero-order chi connectivity index (χ0) is 24.7. The minimum Gasteiger partial charge on any atom is -0.351 e. The molecule has 6 nitrogen and oxygen atoms in total. The quantitative estimate of drug-likeness (QED) is 0.469. The molecule has 2 saturated heterocycles. The van der Waals surface area contributed by atoms with Crippen LogP contribution in [0, 0.1) is 5.92 Å². The minimum absolute atomic E-state index is 0.0915. The van der Waals surface area contributed by atoms with Crippen molar-refractivity contribution in [2.45, 2.75) is 43.9 Å². The third-order valence-electron chi connectivity index (χ3n) is 8.20. The molecule has 7 heteroatoms. The van der Waals surface area contributed by atoms with Gasteiger partial charge in [0.1, 0.15) is 5.69 Å². The third kappa shape index (κ3) is 4.76. The first-order valence-corrected chi connectivity index (χ1v) is 13.6. The average molecular weight is 505 g/mol. The number of aromatic amines is 1. The number of carbonyl (C=O) groups is 2. The Balaban J connectivity index is 1.05. The number of hydrogen-bond acceptors (Lipinski definition) is 3. The molecular weight excluding hydrogens is 472 g/mol. The van der Waals surface area contributed by atoms with Crippen LogP contribution in [0.15, 0.2) is 48.5 Å². The van der Waals surface area contributed by atoms with Crippen molar-refractivity contribution in [3.05, 3.63) is 64.8 Å². The first-order chi connectivity index (χ1) is 17.5. The number of nitrogens with zero attached hydrogens (tertiary/aromatic N) is 2. The molecule has 3 heterocycles. The number of carbonyl (C=O) groups excluding carboxylic acids is 2. The number of rotatable bonds is 7. The Kier molecular flexibility index (Phi) is 6.26. The third-order valence-corrected chi connectivity index (χ3v) is 8.44. The predicted octanol–water partition coefficient (Wildman–Crippen LogP) is 5.12. The summed E-state index contributed by atoms with van der Waals surface area (Å²) in [6, 6.07) is 16.0. The molecule has 0 radical (unpaired) electrons. The average Bonchev–Trinajstić information content (AvgIpc) is 3.38. The second-order valence-electron chi connectivity index (χ2n) is 10.9. The van der Waals surface area contributed by atoms with Gasteiger partial charge in [0.05, 0.1) is 0 Å². The van der Waals surface area contributed by atoms with Gasteiger partial charge in [-0.15, -0.1) is 0 Å². The summed E-state index contributed by atoms with van der Waals surface area (Å²) in [4.78, 5) is 33.1. The van der Waals surface area contributed by atoms with Crippen molar-refractivity contribution in [3.63, 3.8) is 0 Å². The van der Waals surface area contributed by atoms with E-state index in [9.17, 15) is 9.59 Å². The molecular formula is C29H33ClN4O2. The van der Waals surface area contributed by atoms with Crippen LogP contribution >= 0.6 is 11.6 Å². The number of fused-ring (bicyclic) bond motifs is 1. The molecule has 3 aromatic rings. The van der Waals surface area contributed by atoms with Crippen molar-refractivity contribution >= 4 is 40.0 Å². The number of halogens is 1. The van der Waals surface area contributed by atoms with E-state index in [2.05, 4.69) is 39.5 Å². The molecule has 188 valence electrons. The standard InChI is InChI=1S/C29H33ClN4O2/c30-23-6-9-25-21(15-23)16-26(32-25)28(36)31-17-20-14-27(35)34(18-20)24-7-4-22(5-8-24)29(10-11-29)19-33-12-2-1-3-13-33/h4-9,15-16,20,32H,1-3,10-14,17-19H2,(H,31,36). The number of H-pyrrole nitrogens is 1. The van der Waals surface area contributed by atoms with Crippen LogP contribution in [-0.2, 0) is 10.2 Å². The SMILES string of the molecule is O=C(NCC1CC(=O)N(c2ccc(C3(CN4CCCCC4)CC3)cc2)C1)c1cc2cc(Cl)ccc2[nH]1. The van der Waals surface area contributed by atoms with Gasteiger partial charge in [0.25, 0.3) is 5.91 Å². The molecule has 2 N–H and O–H groups in total. The second kappa shape index (κ2) is 9.56. The summed E-state index contributed by atoms with van der Waals surface area (Å²) in [6.45, 7) is 4.72. The normalized spacial score (nSPS) is 21.8. The van der Waals surface area contributed by atoms with Crippen molar-refractivity contribution in [1.82, 2.24) is 15.2 Å². The zero-order valence-electron chi connectivity index (χ0n) is 20.6. The maximum Gasteiger partial charge on any atom is 0.267 e. The number of piperidine rings is 1. The summed E-state index contributed by atoms with van der Waals surface area (Å²) in [5.74, 6) is 0.0477. The fourth-order valence-electron chi connectivity index (χ4n) is 5.96. The highest BCUT2D eigenvalue weighted by atomic mass is 35.5. The van der Waals surface area contributed by atoms with Crippen LogP contribution in [0.2, 0.25) is 5.02 Å². The van der Waals surface area contributed by atoms with Gasteiger partial charge >= 0.3 is 0 Å². The number of nitrogens with one attached hydrogen (secondary N) is 2. The lowest BCUT2D eigenvalue weighted by molar-refractivity contribution is -0.117. The maximum atomic E-state index is 12.8. The van der Waals surface area contributed by atoms with Gasteiger partial charge in [0.15, 0.2) is 0 Å². The summed E-state index contributed by atoms with van der Waals surface area (Å²) >= 11 is 6.05. The van der Waals surface area contributed by atoms with Crippen molar-refractivity contribution < 1.29 is 9.59 Å². The van der Waals surface area contributed by atoms with Gasteiger partial charge in [-0.25, -0.2) is 0 Å². The Hall–Kier alpha value is -2.83. The van der Waals surface area contributed by atoms with E-state index in [4.69, 9.17) is 11.6 Å². The van der Waals surface area contributed by atoms with E-state index in [1.54, 1.807) is 6.07 Å². The van der Waals surface area contributed by atoms with E-state index < -0.39 is 0 Å². The van der Waals surface area contributed by atoms with E-state index in [0.29, 0.717) is 35.6 Å². The number of anilines is 1. The Labute approximate surface area is 217 Å². The van der Waals surface area contributed by atoms with Crippen LogP contribution in [0.3, 0.4) is 0 Å². The number of amides is 2. The molecule has 0 bridgehead atoms. The lowest BCUT2D eigenvalue weighted by Gasteiger charge is -2.31. The van der Waals surface area contributed by atoms with Crippen molar-refractivity contribution in [2.75, 3.05) is 37.6 Å². The highest BCUT2D eigenvalue weighted by molar-refractivity contribution is 6.31. The van der Waals surface area contributed by atoms with Gasteiger partial charge in [-0.2, -0.15) is 0 Å². The fraction of sp³-hybridized carbons (Fsp3) is 0.448. The molecule has 1 aromatic heterocycles. The predicted molar refractivity (Wildman–Crippen MR) is 144 cm³/mol. The number of benzene rings is 2. The summed E-state index contributed by atoms with van der Waals surface area (Å²) in [5.41, 5.74) is 4.05. The fourth-order valence-corrected chi connectivity index (χ4v) is 6.14. The van der Waals surface area contributed by atoms with E-state index in [1.807, 2.05) is 23.1 Å². The minimum atomic E-state index is -0.166. The number of aromatic nitrogens is 1. The zero-order valence-corrected chi connectivity index (χ0v) is 21.3. The Morgan fingerprint density at radius 3 is 2.58 bits per heavy atom. The van der Waals surface area contributed by atoms with Crippen LogP contribution in [0.5, 0.6) is 0 Å². The van der Waals surface area contributed by atoms with E-state index in [-0.39, 0.29) is 17.7 Å². The molecule has 3 aliphatic rings. The monoisotopic (exact) mass is 504 g/mol.